The van der Waals surface area contributed by atoms with Gasteiger partial charge in [-0.15, -0.1) is 0 Å². The van der Waals surface area contributed by atoms with Gasteiger partial charge in [-0.05, 0) is 35.8 Å². The molecule has 1 aromatic rings. The van der Waals surface area contributed by atoms with Gasteiger partial charge in [0, 0.05) is 16.6 Å². The van der Waals surface area contributed by atoms with Crippen molar-refractivity contribution in [1.29, 1.82) is 0 Å². The van der Waals surface area contributed by atoms with E-state index in [0.29, 0.717) is 10.2 Å². The molecule has 17 heavy (non-hydrogen) atoms. The molecule has 3 N–H and O–H groups in total. The van der Waals surface area contributed by atoms with Crippen LogP contribution in [0.5, 0.6) is 0 Å². The van der Waals surface area contributed by atoms with Gasteiger partial charge in [-0.3, -0.25) is 14.9 Å². The van der Waals surface area contributed by atoms with Gasteiger partial charge in [-0.25, -0.2) is 0 Å². The van der Waals surface area contributed by atoms with Crippen LogP contribution in [-0.2, 0) is 4.79 Å². The number of amides is 1. The SMILES string of the molecule is CC(C)(N)C(=O)Nc1cc([N+](=O)[O-])ccc1Br. The Balaban J connectivity index is 3.02. The molecule has 0 fully saturated rings. The zero-order chi connectivity index (χ0) is 13.2. The van der Waals surface area contributed by atoms with Gasteiger partial charge >= 0.3 is 0 Å². The molecular weight excluding hydrogens is 290 g/mol. The summed E-state index contributed by atoms with van der Waals surface area (Å²) < 4.78 is 0.556. The molecule has 1 rings (SSSR count). The number of anilines is 1. The molecule has 0 aromatic heterocycles. The highest BCUT2D eigenvalue weighted by Crippen LogP contribution is 2.27. The summed E-state index contributed by atoms with van der Waals surface area (Å²) in [5.74, 6) is -0.418. The van der Waals surface area contributed by atoms with Gasteiger partial charge in [0.15, 0.2) is 0 Å². The average molecular weight is 302 g/mol. The van der Waals surface area contributed by atoms with Crippen molar-refractivity contribution >= 4 is 33.2 Å². The van der Waals surface area contributed by atoms with Crippen molar-refractivity contribution in [2.45, 2.75) is 19.4 Å². The van der Waals surface area contributed by atoms with Crippen molar-refractivity contribution in [3.63, 3.8) is 0 Å². The first-order valence-corrected chi connectivity index (χ1v) is 5.55. The quantitative estimate of drug-likeness (QED) is 0.659. The van der Waals surface area contributed by atoms with Crippen LogP contribution in [0.25, 0.3) is 0 Å². The lowest BCUT2D eigenvalue weighted by Crippen LogP contribution is -2.45. The fourth-order valence-electron chi connectivity index (χ4n) is 1.01. The number of benzene rings is 1. The second kappa shape index (κ2) is 4.80. The molecular formula is C10H12BrN3O3. The summed E-state index contributed by atoms with van der Waals surface area (Å²) >= 11 is 3.20. The minimum absolute atomic E-state index is 0.0988. The number of carbonyl (C=O) groups excluding carboxylic acids is 1. The minimum atomic E-state index is -1.05. The molecule has 0 heterocycles. The van der Waals surface area contributed by atoms with E-state index in [1.165, 1.54) is 18.2 Å². The summed E-state index contributed by atoms with van der Waals surface area (Å²) in [6, 6.07) is 4.11. The van der Waals surface area contributed by atoms with Crippen LogP contribution in [0.1, 0.15) is 13.8 Å². The fourth-order valence-corrected chi connectivity index (χ4v) is 1.35. The van der Waals surface area contributed by atoms with E-state index in [-0.39, 0.29) is 5.69 Å². The Bertz CT molecular complexity index is 468. The zero-order valence-corrected chi connectivity index (χ0v) is 10.9. The largest absolute Gasteiger partial charge is 0.323 e. The molecule has 0 aliphatic heterocycles. The Morgan fingerprint density at radius 1 is 1.53 bits per heavy atom. The van der Waals surface area contributed by atoms with E-state index in [4.69, 9.17) is 5.73 Å². The topological polar surface area (TPSA) is 98.3 Å². The van der Waals surface area contributed by atoms with E-state index in [0.717, 1.165) is 0 Å². The van der Waals surface area contributed by atoms with E-state index in [1.54, 1.807) is 13.8 Å². The van der Waals surface area contributed by atoms with Crippen molar-refractivity contribution < 1.29 is 9.72 Å². The molecule has 0 radical (unpaired) electrons. The molecule has 1 aromatic carbocycles. The number of carbonyl (C=O) groups is 1. The van der Waals surface area contributed by atoms with E-state index in [2.05, 4.69) is 21.2 Å². The first-order valence-electron chi connectivity index (χ1n) is 4.76. The second-order valence-electron chi connectivity index (χ2n) is 4.10. The molecule has 0 aliphatic carbocycles. The highest BCUT2D eigenvalue weighted by molar-refractivity contribution is 9.10. The van der Waals surface area contributed by atoms with Crippen LogP contribution in [0.3, 0.4) is 0 Å². The standard InChI is InChI=1S/C10H12BrN3O3/c1-10(2,12)9(15)13-8-5-6(14(16)17)3-4-7(8)11/h3-5H,12H2,1-2H3,(H,13,15). The maximum atomic E-state index is 11.6. The van der Waals surface area contributed by atoms with Gasteiger partial charge in [-0.1, -0.05) is 0 Å². The van der Waals surface area contributed by atoms with Crippen molar-refractivity contribution in [3.05, 3.63) is 32.8 Å². The van der Waals surface area contributed by atoms with Gasteiger partial charge in [0.25, 0.3) is 5.69 Å². The number of nitrogens with two attached hydrogens (primary N) is 1. The van der Waals surface area contributed by atoms with Crippen molar-refractivity contribution in [2.75, 3.05) is 5.32 Å². The molecule has 0 aliphatic rings. The zero-order valence-electron chi connectivity index (χ0n) is 9.36. The van der Waals surface area contributed by atoms with Crippen LogP contribution < -0.4 is 11.1 Å². The number of nitro groups is 1. The van der Waals surface area contributed by atoms with Crippen LogP contribution in [0, 0.1) is 10.1 Å². The van der Waals surface area contributed by atoms with Crippen molar-refractivity contribution in [2.24, 2.45) is 5.73 Å². The summed E-state index contributed by atoms with van der Waals surface area (Å²) in [5, 5.41) is 13.1. The van der Waals surface area contributed by atoms with Crippen LogP contribution in [0.15, 0.2) is 22.7 Å². The van der Waals surface area contributed by atoms with Crippen molar-refractivity contribution in [3.8, 4) is 0 Å². The normalized spacial score (nSPS) is 11.1. The molecule has 6 nitrogen and oxygen atoms in total. The Kier molecular flexibility index (Phi) is 3.84. The van der Waals surface area contributed by atoms with Gasteiger partial charge < -0.3 is 11.1 Å². The third-order valence-electron chi connectivity index (χ3n) is 1.99. The third kappa shape index (κ3) is 3.50. The average Bonchev–Trinajstić information content (AvgIpc) is 2.19. The third-order valence-corrected chi connectivity index (χ3v) is 2.69. The van der Waals surface area contributed by atoms with E-state index >= 15 is 0 Å². The summed E-state index contributed by atoms with van der Waals surface area (Å²) in [7, 11) is 0. The van der Waals surface area contributed by atoms with Crippen molar-refractivity contribution in [1.82, 2.24) is 0 Å². The maximum absolute atomic E-state index is 11.6. The Labute approximate surface area is 106 Å². The summed E-state index contributed by atoms with van der Waals surface area (Å²) in [6.07, 6.45) is 0. The van der Waals surface area contributed by atoms with E-state index in [1.807, 2.05) is 0 Å². The molecule has 7 heteroatoms. The van der Waals surface area contributed by atoms with Gasteiger partial charge in [0.05, 0.1) is 16.1 Å². The molecule has 1 amide bonds. The highest BCUT2D eigenvalue weighted by Gasteiger charge is 2.23. The number of rotatable bonds is 3. The predicted molar refractivity (Wildman–Crippen MR) is 67.7 cm³/mol. The molecule has 0 saturated heterocycles. The number of non-ortho nitro benzene ring substituents is 1. The number of nitrogens with zero attached hydrogens (tertiary/aromatic N) is 1. The van der Waals surface area contributed by atoms with Crippen LogP contribution >= 0.6 is 15.9 Å². The Hall–Kier alpha value is -1.47. The molecule has 0 unspecified atom stereocenters. The first-order chi connectivity index (χ1) is 7.71. The lowest BCUT2D eigenvalue weighted by Gasteiger charge is -2.18. The summed E-state index contributed by atoms with van der Waals surface area (Å²) in [4.78, 5) is 21.7. The Morgan fingerprint density at radius 3 is 2.59 bits per heavy atom. The molecule has 0 bridgehead atoms. The number of hydrogen-bond donors (Lipinski definition) is 2. The van der Waals surface area contributed by atoms with Crippen LogP contribution in [-0.4, -0.2) is 16.4 Å². The second-order valence-corrected chi connectivity index (χ2v) is 4.95. The van der Waals surface area contributed by atoms with Crippen LogP contribution in [0.4, 0.5) is 11.4 Å². The van der Waals surface area contributed by atoms with Gasteiger partial charge in [0.2, 0.25) is 5.91 Å². The minimum Gasteiger partial charge on any atom is -0.323 e. The lowest BCUT2D eigenvalue weighted by atomic mass is 10.1. The number of nitro benzene ring substituents is 1. The van der Waals surface area contributed by atoms with Gasteiger partial charge in [-0.2, -0.15) is 0 Å². The summed E-state index contributed by atoms with van der Waals surface area (Å²) in [5.41, 5.74) is 4.79. The first kappa shape index (κ1) is 13.6. The monoisotopic (exact) mass is 301 g/mol. The van der Waals surface area contributed by atoms with Gasteiger partial charge in [0.1, 0.15) is 0 Å². The smallest absolute Gasteiger partial charge is 0.271 e. The van der Waals surface area contributed by atoms with E-state index in [9.17, 15) is 14.9 Å². The number of nitrogens with one attached hydrogen (secondary N) is 1. The predicted octanol–water partition coefficient (Wildman–Crippen LogP) is 2.03. The molecule has 0 spiro atoms. The van der Waals surface area contributed by atoms with E-state index < -0.39 is 16.4 Å². The maximum Gasteiger partial charge on any atom is 0.271 e. The number of halogens is 1. The Morgan fingerprint density at radius 2 is 2.12 bits per heavy atom. The van der Waals surface area contributed by atoms with Crippen LogP contribution in [0.2, 0.25) is 0 Å². The fraction of sp³-hybridized carbons (Fsp3) is 0.300. The molecule has 92 valence electrons. The molecule has 0 atom stereocenters. The lowest BCUT2D eigenvalue weighted by molar-refractivity contribution is -0.384. The summed E-state index contributed by atoms with van der Waals surface area (Å²) in [6.45, 7) is 3.10. The highest BCUT2D eigenvalue weighted by atomic mass is 79.9. The number of hydrogen-bond acceptors (Lipinski definition) is 4. The molecule has 0 saturated carbocycles.